The van der Waals surface area contributed by atoms with E-state index in [9.17, 15) is 4.79 Å². The zero-order chi connectivity index (χ0) is 23.5. The number of carbonyl (C=O) groups is 1. The lowest BCUT2D eigenvalue weighted by molar-refractivity contribution is -0.129. The number of esters is 1. The predicted octanol–water partition coefficient (Wildman–Crippen LogP) is 6.60. The monoisotopic (exact) mass is 617 g/mol. The number of methoxy groups -OCH3 is 1. The molecule has 0 saturated carbocycles. The van der Waals surface area contributed by atoms with Crippen molar-refractivity contribution < 1.29 is 19.0 Å². The zero-order valence-electron chi connectivity index (χ0n) is 18.3. The van der Waals surface area contributed by atoms with Crippen molar-refractivity contribution in [3.8, 4) is 11.5 Å². The van der Waals surface area contributed by atoms with Gasteiger partial charge < -0.3 is 14.2 Å². The fraction of sp³-hybridized carbons (Fsp3) is 0.154. The Morgan fingerprint density at radius 3 is 2.67 bits per heavy atom. The fourth-order valence-corrected chi connectivity index (χ4v) is 4.30. The molecular weight excluding hydrogens is 597 g/mol. The number of hydrogen-bond donors (Lipinski definition) is 0. The van der Waals surface area contributed by atoms with Gasteiger partial charge in [0.05, 0.1) is 11.6 Å². The second-order valence-corrected chi connectivity index (χ2v) is 9.63. The largest absolute Gasteiger partial charge is 0.493 e. The molecular formula is C26H21BrINO4. The Morgan fingerprint density at radius 1 is 1.12 bits per heavy atom. The molecule has 0 unspecified atom stereocenters. The Morgan fingerprint density at radius 2 is 1.94 bits per heavy atom. The van der Waals surface area contributed by atoms with Crippen molar-refractivity contribution in [2.75, 3.05) is 7.11 Å². The van der Waals surface area contributed by atoms with Gasteiger partial charge in [0.2, 0.25) is 5.90 Å². The van der Waals surface area contributed by atoms with Crippen LogP contribution in [-0.2, 0) is 16.1 Å². The summed E-state index contributed by atoms with van der Waals surface area (Å²) < 4.78 is 18.8. The fourth-order valence-electron chi connectivity index (χ4n) is 3.39. The molecule has 0 saturated heterocycles. The molecule has 0 atom stereocenters. The van der Waals surface area contributed by atoms with Crippen LogP contribution in [-0.4, -0.2) is 19.0 Å². The molecule has 3 aromatic carbocycles. The van der Waals surface area contributed by atoms with Gasteiger partial charge in [0, 0.05) is 9.13 Å². The minimum Gasteiger partial charge on any atom is -0.493 e. The normalized spacial score (nSPS) is 14.3. The highest BCUT2D eigenvalue weighted by atomic mass is 127. The van der Waals surface area contributed by atoms with E-state index in [2.05, 4.69) is 49.6 Å². The molecule has 0 spiro atoms. The Hall–Kier alpha value is -2.65. The number of aryl methyl sites for hydroxylation is 2. The minimum atomic E-state index is -0.490. The van der Waals surface area contributed by atoms with Crippen LogP contribution in [0.3, 0.4) is 0 Å². The average Bonchev–Trinajstić information content (AvgIpc) is 3.14. The first-order valence-corrected chi connectivity index (χ1v) is 12.1. The van der Waals surface area contributed by atoms with Crippen LogP contribution in [0.5, 0.6) is 11.5 Å². The lowest BCUT2D eigenvalue weighted by Crippen LogP contribution is -2.05. The molecule has 1 aliphatic heterocycles. The van der Waals surface area contributed by atoms with E-state index in [4.69, 9.17) is 14.2 Å². The van der Waals surface area contributed by atoms with Gasteiger partial charge in [-0.1, -0.05) is 29.8 Å². The molecule has 0 bridgehead atoms. The van der Waals surface area contributed by atoms with E-state index >= 15 is 0 Å². The Kier molecular flexibility index (Phi) is 7.19. The van der Waals surface area contributed by atoms with Crippen molar-refractivity contribution >= 4 is 56.5 Å². The maximum Gasteiger partial charge on any atom is 0.363 e. The van der Waals surface area contributed by atoms with Crippen molar-refractivity contribution in [1.29, 1.82) is 0 Å². The molecule has 0 fully saturated rings. The van der Waals surface area contributed by atoms with Gasteiger partial charge in [0.1, 0.15) is 6.61 Å². The third-order valence-electron chi connectivity index (χ3n) is 5.05. The lowest BCUT2D eigenvalue weighted by Gasteiger charge is -2.14. The number of halogens is 2. The maximum atomic E-state index is 12.4. The summed E-state index contributed by atoms with van der Waals surface area (Å²) in [5.41, 5.74) is 5.06. The Labute approximate surface area is 214 Å². The maximum absolute atomic E-state index is 12.4. The molecule has 4 rings (SSSR count). The van der Waals surface area contributed by atoms with Gasteiger partial charge in [-0.05, 0) is 105 Å². The van der Waals surface area contributed by atoms with Gasteiger partial charge in [-0.2, -0.15) is 0 Å². The highest BCUT2D eigenvalue weighted by Gasteiger charge is 2.25. The zero-order valence-corrected chi connectivity index (χ0v) is 22.1. The first-order chi connectivity index (χ1) is 15.8. The summed E-state index contributed by atoms with van der Waals surface area (Å²) >= 11 is 5.83. The van der Waals surface area contributed by atoms with E-state index in [1.165, 1.54) is 5.56 Å². The van der Waals surface area contributed by atoms with Crippen LogP contribution in [0.4, 0.5) is 0 Å². The van der Waals surface area contributed by atoms with Crippen LogP contribution in [0.2, 0.25) is 0 Å². The van der Waals surface area contributed by atoms with Gasteiger partial charge in [-0.3, -0.25) is 0 Å². The minimum absolute atomic E-state index is 0.226. The summed E-state index contributed by atoms with van der Waals surface area (Å²) in [6.07, 6.45) is 1.67. The number of rotatable bonds is 6. The molecule has 1 aliphatic rings. The molecule has 7 heteroatoms. The highest BCUT2D eigenvalue weighted by Crippen LogP contribution is 2.38. The molecule has 0 radical (unpaired) electrons. The van der Waals surface area contributed by atoms with E-state index < -0.39 is 5.97 Å². The number of ether oxygens (including phenoxy) is 3. The second kappa shape index (κ2) is 10.1. The number of nitrogens with zero attached hydrogens (tertiary/aromatic N) is 1. The summed E-state index contributed by atoms with van der Waals surface area (Å²) in [6.45, 7) is 4.46. The smallest absolute Gasteiger partial charge is 0.363 e. The van der Waals surface area contributed by atoms with Crippen molar-refractivity contribution in [1.82, 2.24) is 0 Å². The summed E-state index contributed by atoms with van der Waals surface area (Å²) in [5, 5.41) is 0. The van der Waals surface area contributed by atoms with Crippen LogP contribution < -0.4 is 9.47 Å². The van der Waals surface area contributed by atoms with E-state index in [-0.39, 0.29) is 5.70 Å². The molecule has 0 amide bonds. The third-order valence-corrected chi connectivity index (χ3v) is 6.85. The molecule has 0 N–H and O–H groups in total. The van der Waals surface area contributed by atoms with Crippen LogP contribution >= 0.6 is 38.5 Å². The summed E-state index contributed by atoms with van der Waals surface area (Å²) in [7, 11) is 1.58. The molecule has 168 valence electrons. The van der Waals surface area contributed by atoms with E-state index in [1.54, 1.807) is 19.3 Å². The molecule has 33 heavy (non-hydrogen) atoms. The summed E-state index contributed by atoms with van der Waals surface area (Å²) in [5.74, 6) is 0.951. The van der Waals surface area contributed by atoms with Gasteiger partial charge in [0.25, 0.3) is 0 Å². The Balaban J connectivity index is 1.59. The topological polar surface area (TPSA) is 57.1 Å². The average molecular weight is 618 g/mol. The van der Waals surface area contributed by atoms with Crippen LogP contribution in [0, 0.1) is 17.4 Å². The van der Waals surface area contributed by atoms with E-state index in [0.29, 0.717) is 28.5 Å². The summed E-state index contributed by atoms with van der Waals surface area (Å²) in [6, 6.07) is 17.6. The van der Waals surface area contributed by atoms with Gasteiger partial charge in [0.15, 0.2) is 17.2 Å². The number of aliphatic imine (C=N–C) groups is 1. The van der Waals surface area contributed by atoms with Crippen molar-refractivity contribution in [2.45, 2.75) is 20.5 Å². The van der Waals surface area contributed by atoms with Gasteiger partial charge in [-0.15, -0.1) is 0 Å². The van der Waals surface area contributed by atoms with Crippen LogP contribution in [0.25, 0.3) is 6.08 Å². The van der Waals surface area contributed by atoms with Crippen molar-refractivity contribution in [3.63, 3.8) is 0 Å². The van der Waals surface area contributed by atoms with Crippen LogP contribution in [0.1, 0.15) is 27.8 Å². The first kappa shape index (κ1) is 23.5. The van der Waals surface area contributed by atoms with Crippen LogP contribution in [0.15, 0.2) is 69.8 Å². The third kappa shape index (κ3) is 5.47. The predicted molar refractivity (Wildman–Crippen MR) is 141 cm³/mol. The van der Waals surface area contributed by atoms with E-state index in [0.717, 1.165) is 25.8 Å². The number of cyclic esters (lactones) is 1. The molecule has 3 aromatic rings. The molecule has 1 heterocycles. The van der Waals surface area contributed by atoms with Crippen molar-refractivity contribution in [2.24, 2.45) is 4.99 Å². The summed E-state index contributed by atoms with van der Waals surface area (Å²) in [4.78, 5) is 16.8. The molecule has 5 nitrogen and oxygen atoms in total. The number of benzene rings is 3. The SMILES string of the molecule is COc1cc(/C=C2\N=C(c3ccc(I)c(C)c3)OC2=O)cc(Br)c1OCc1cccc(C)c1. The van der Waals surface area contributed by atoms with E-state index in [1.807, 2.05) is 56.3 Å². The molecule has 0 aliphatic carbocycles. The van der Waals surface area contributed by atoms with Crippen molar-refractivity contribution in [3.05, 3.63) is 96.2 Å². The lowest BCUT2D eigenvalue weighted by atomic mass is 10.1. The number of carbonyl (C=O) groups excluding carboxylic acids is 1. The quantitative estimate of drug-likeness (QED) is 0.178. The standard InChI is InChI=1S/C26H21BrINO4/c1-15-5-4-6-17(9-15)14-32-24-20(27)11-18(13-23(24)31-3)12-22-26(30)33-25(29-22)19-7-8-21(28)16(2)10-19/h4-13H,14H2,1-3H3/b22-12-. The Bertz CT molecular complexity index is 1300. The van der Waals surface area contributed by atoms with Gasteiger partial charge >= 0.3 is 5.97 Å². The molecule has 0 aromatic heterocycles. The first-order valence-electron chi connectivity index (χ1n) is 10.2. The van der Waals surface area contributed by atoms with Gasteiger partial charge in [-0.25, -0.2) is 9.79 Å². The highest BCUT2D eigenvalue weighted by molar-refractivity contribution is 14.1. The number of hydrogen-bond acceptors (Lipinski definition) is 5. The second-order valence-electron chi connectivity index (χ2n) is 7.61.